The zero-order chi connectivity index (χ0) is 29.8. The number of rotatable bonds is 6. The maximum Gasteiger partial charge on any atom is 0.205 e. The van der Waals surface area contributed by atoms with Gasteiger partial charge in [-0.25, -0.2) is 9.97 Å². The summed E-state index contributed by atoms with van der Waals surface area (Å²) in [6, 6.07) is 0. The highest BCUT2D eigenvalue weighted by atomic mass is 16.5. The van der Waals surface area contributed by atoms with Gasteiger partial charge in [-0.2, -0.15) is 0 Å². The van der Waals surface area contributed by atoms with E-state index in [4.69, 9.17) is 19.3 Å². The smallest absolute Gasteiger partial charge is 0.205 e. The highest BCUT2D eigenvalue weighted by Crippen LogP contribution is 2.38. The van der Waals surface area contributed by atoms with Crippen LogP contribution in [0.2, 0.25) is 0 Å². The summed E-state index contributed by atoms with van der Waals surface area (Å²) in [5, 5.41) is 7.00. The number of aliphatic hydroxyl groups is 1. The molecule has 1 N–H and O–H groups in total. The molecule has 216 valence electrons. The number of hydrogen-bond acceptors (Lipinski definition) is 6. The van der Waals surface area contributed by atoms with Gasteiger partial charge in [-0.1, -0.05) is 89.0 Å². The van der Waals surface area contributed by atoms with Gasteiger partial charge < -0.3 is 19.3 Å². The van der Waals surface area contributed by atoms with Crippen LogP contribution in [-0.2, 0) is 9.47 Å². The van der Waals surface area contributed by atoms with Crippen LogP contribution in [-0.4, -0.2) is 55.2 Å². The molecule has 1 aliphatic rings. The first-order valence-corrected chi connectivity index (χ1v) is 13.8. The van der Waals surface area contributed by atoms with Crippen LogP contribution in [0.3, 0.4) is 0 Å². The van der Waals surface area contributed by atoms with E-state index in [1.54, 1.807) is 26.6 Å². The molecule has 0 saturated heterocycles. The monoisotopic (exact) mass is 514 g/mol. The van der Waals surface area contributed by atoms with Gasteiger partial charge in [0.15, 0.2) is 5.75 Å². The highest BCUT2D eigenvalue weighted by molar-refractivity contribution is 5.27. The molecular formula is C30H62N2O4. The van der Waals surface area contributed by atoms with Gasteiger partial charge in [0.05, 0.1) is 25.1 Å². The Bertz CT molecular complexity index is 600. The summed E-state index contributed by atoms with van der Waals surface area (Å²) in [5.74, 6) is 7.54. The van der Waals surface area contributed by atoms with Crippen molar-refractivity contribution in [2.75, 3.05) is 27.9 Å². The first-order valence-electron chi connectivity index (χ1n) is 13.8. The minimum Gasteiger partial charge on any atom is -0.487 e. The number of aromatic nitrogens is 2. The molecule has 2 rings (SSSR count). The first-order chi connectivity index (χ1) is 17.3. The van der Waals surface area contributed by atoms with Crippen molar-refractivity contribution in [2.45, 2.75) is 122 Å². The predicted molar refractivity (Wildman–Crippen MR) is 158 cm³/mol. The highest BCUT2D eigenvalue weighted by Gasteiger charge is 2.35. The van der Waals surface area contributed by atoms with E-state index < -0.39 is 0 Å². The molecule has 0 amide bonds. The largest absolute Gasteiger partial charge is 0.487 e. The van der Waals surface area contributed by atoms with E-state index in [0.29, 0.717) is 24.3 Å². The van der Waals surface area contributed by atoms with Gasteiger partial charge in [-0.15, -0.1) is 0 Å². The van der Waals surface area contributed by atoms with Crippen LogP contribution in [0, 0.1) is 22.7 Å². The standard InChI is InChI=1S/C19H28N2O3.5C2H6.CH4O/c1-18(2,19(3,4)13-22-5)8-7-17-20-11-16(12-21-17)24-15-9-14(10-15)23-6;6*1-2/h11-12,14-15H,9-10,13H2,1-6H3;5*1-2H3;2H,1H3. The Hall–Kier alpha value is -1.68. The van der Waals surface area contributed by atoms with Gasteiger partial charge in [0, 0.05) is 45.0 Å². The Morgan fingerprint density at radius 3 is 1.58 bits per heavy atom. The zero-order valence-electron chi connectivity index (χ0n) is 27.0. The molecule has 0 aliphatic heterocycles. The molecular weight excluding hydrogens is 452 g/mol. The molecule has 1 aliphatic carbocycles. The summed E-state index contributed by atoms with van der Waals surface area (Å²) < 4.78 is 16.3. The van der Waals surface area contributed by atoms with Crippen LogP contribution in [0.25, 0.3) is 0 Å². The second kappa shape index (κ2) is 29.5. The third-order valence-electron chi connectivity index (χ3n) is 5.00. The molecule has 0 bridgehead atoms. The van der Waals surface area contributed by atoms with Gasteiger partial charge >= 0.3 is 0 Å². The van der Waals surface area contributed by atoms with Crippen molar-refractivity contribution < 1.29 is 19.3 Å². The van der Waals surface area contributed by atoms with E-state index in [-0.39, 0.29) is 16.9 Å². The number of methoxy groups -OCH3 is 2. The Balaban J connectivity index is -0.000000234. The third kappa shape index (κ3) is 18.6. The molecule has 36 heavy (non-hydrogen) atoms. The van der Waals surface area contributed by atoms with E-state index in [1.807, 2.05) is 69.2 Å². The van der Waals surface area contributed by atoms with Crippen LogP contribution in [0.5, 0.6) is 5.75 Å². The molecule has 1 fully saturated rings. The average Bonchev–Trinajstić information content (AvgIpc) is 2.92. The molecule has 0 aromatic carbocycles. The van der Waals surface area contributed by atoms with Crippen molar-refractivity contribution in [3.05, 3.63) is 18.2 Å². The Kier molecular flexibility index (Phi) is 36.4. The van der Waals surface area contributed by atoms with Gasteiger partial charge in [0.25, 0.3) is 0 Å². The van der Waals surface area contributed by atoms with Crippen LogP contribution in [0.1, 0.15) is 116 Å². The summed E-state index contributed by atoms with van der Waals surface area (Å²) in [4.78, 5) is 8.58. The van der Waals surface area contributed by atoms with Crippen molar-refractivity contribution >= 4 is 0 Å². The van der Waals surface area contributed by atoms with E-state index in [9.17, 15) is 0 Å². The minimum absolute atomic E-state index is 0.0695. The summed E-state index contributed by atoms with van der Waals surface area (Å²) in [5.41, 5.74) is -0.289. The fourth-order valence-electron chi connectivity index (χ4n) is 2.36. The molecule has 6 nitrogen and oxygen atoms in total. The number of nitrogens with zero attached hydrogens (tertiary/aromatic N) is 2. The summed E-state index contributed by atoms with van der Waals surface area (Å²) in [6.45, 7) is 29.2. The molecule has 0 radical (unpaired) electrons. The van der Waals surface area contributed by atoms with Crippen LogP contribution in [0.15, 0.2) is 12.4 Å². The Labute approximate surface area is 226 Å². The molecule has 0 unspecified atom stereocenters. The lowest BCUT2D eigenvalue weighted by molar-refractivity contribution is -0.0383. The third-order valence-corrected chi connectivity index (χ3v) is 5.00. The molecule has 6 heteroatoms. The van der Waals surface area contributed by atoms with Gasteiger partial charge in [-0.05, 0) is 19.8 Å². The van der Waals surface area contributed by atoms with Gasteiger partial charge in [0.2, 0.25) is 5.82 Å². The van der Waals surface area contributed by atoms with Gasteiger partial charge in [0.1, 0.15) is 6.10 Å². The lowest BCUT2D eigenvalue weighted by atomic mass is 9.69. The molecule has 0 spiro atoms. The number of aliphatic hydroxyl groups excluding tert-OH is 1. The lowest BCUT2D eigenvalue weighted by Gasteiger charge is -2.37. The van der Waals surface area contributed by atoms with Crippen molar-refractivity contribution in [3.63, 3.8) is 0 Å². The van der Waals surface area contributed by atoms with Crippen molar-refractivity contribution in [3.8, 4) is 17.6 Å². The molecule has 1 aromatic heterocycles. The maximum atomic E-state index is 7.00. The van der Waals surface area contributed by atoms with Crippen molar-refractivity contribution in [1.82, 2.24) is 9.97 Å². The fourth-order valence-corrected chi connectivity index (χ4v) is 2.36. The minimum atomic E-state index is -0.220. The van der Waals surface area contributed by atoms with E-state index in [2.05, 4.69) is 49.5 Å². The normalized spacial score (nSPS) is 14.8. The second-order valence-electron chi connectivity index (χ2n) is 7.50. The molecule has 1 aromatic rings. The van der Waals surface area contributed by atoms with Crippen LogP contribution >= 0.6 is 0 Å². The lowest BCUT2D eigenvalue weighted by Crippen LogP contribution is -2.38. The quantitative estimate of drug-likeness (QED) is 0.390. The molecule has 0 atom stereocenters. The van der Waals surface area contributed by atoms with E-state index in [1.165, 1.54) is 0 Å². The predicted octanol–water partition coefficient (Wildman–Crippen LogP) is 7.82. The zero-order valence-corrected chi connectivity index (χ0v) is 27.0. The summed E-state index contributed by atoms with van der Waals surface area (Å²) in [7, 11) is 4.44. The van der Waals surface area contributed by atoms with Crippen molar-refractivity contribution in [2.24, 2.45) is 10.8 Å². The van der Waals surface area contributed by atoms with Gasteiger partial charge in [-0.3, -0.25) is 0 Å². The topological polar surface area (TPSA) is 73.7 Å². The first kappa shape index (κ1) is 44.3. The van der Waals surface area contributed by atoms with Crippen molar-refractivity contribution in [1.29, 1.82) is 0 Å². The number of ether oxygens (including phenoxy) is 3. The Morgan fingerprint density at radius 1 is 0.806 bits per heavy atom. The Morgan fingerprint density at radius 2 is 1.22 bits per heavy atom. The SMILES string of the molecule is CC.CC.CC.CC.CC.CO.COCC(C)(C)C(C)(C)C#Cc1ncc(OC2CC(OC)C2)cn1. The molecule has 1 heterocycles. The number of hydrogen-bond donors (Lipinski definition) is 1. The fraction of sp³-hybridized carbons (Fsp3) is 0.800. The summed E-state index contributed by atoms with van der Waals surface area (Å²) in [6.07, 6.45) is 5.72. The average molecular weight is 515 g/mol. The maximum absolute atomic E-state index is 7.00. The van der Waals surface area contributed by atoms with Crippen LogP contribution < -0.4 is 4.74 Å². The van der Waals surface area contributed by atoms with E-state index >= 15 is 0 Å². The van der Waals surface area contributed by atoms with E-state index in [0.717, 1.165) is 20.0 Å². The van der Waals surface area contributed by atoms with Crippen LogP contribution in [0.4, 0.5) is 0 Å². The summed E-state index contributed by atoms with van der Waals surface area (Å²) >= 11 is 0. The molecule has 1 saturated carbocycles. The second-order valence-corrected chi connectivity index (χ2v) is 7.50.